The minimum absolute atomic E-state index is 0.778. The summed E-state index contributed by atoms with van der Waals surface area (Å²) in [6, 6.07) is 0. The van der Waals surface area contributed by atoms with Crippen LogP contribution in [0.25, 0.3) is 0 Å². The van der Waals surface area contributed by atoms with Crippen molar-refractivity contribution in [2.24, 2.45) is 0 Å². The Morgan fingerprint density at radius 3 is 2.50 bits per heavy atom. The van der Waals surface area contributed by atoms with Gasteiger partial charge >= 0.3 is 0 Å². The monoisotopic (exact) mass is 110 g/mol. The first-order valence-electron chi connectivity index (χ1n) is 2.62. The number of hydrogen-bond donors (Lipinski definition) is 0. The van der Waals surface area contributed by atoms with Gasteiger partial charge in [0, 0.05) is 0 Å². The Labute approximate surface area is 49.7 Å². The molecular formula is C7H10O. The van der Waals surface area contributed by atoms with E-state index >= 15 is 0 Å². The molecule has 0 saturated heterocycles. The Morgan fingerprint density at radius 1 is 1.75 bits per heavy atom. The highest BCUT2D eigenvalue weighted by molar-refractivity contribution is 5.67. The van der Waals surface area contributed by atoms with Gasteiger partial charge in [-0.2, -0.15) is 0 Å². The molecule has 0 unspecified atom stereocenters. The van der Waals surface area contributed by atoms with Gasteiger partial charge < -0.3 is 0 Å². The molecule has 0 atom stereocenters. The lowest BCUT2D eigenvalue weighted by molar-refractivity contribution is -0.104. The lowest BCUT2D eigenvalue weighted by Gasteiger charge is -1.87. The fourth-order valence-electron chi connectivity index (χ4n) is 0.418. The summed E-state index contributed by atoms with van der Waals surface area (Å²) in [6.45, 7) is 5.51. The Morgan fingerprint density at radius 2 is 2.38 bits per heavy atom. The average Bonchev–Trinajstić information content (AvgIpc) is 1.83. The predicted octanol–water partition coefficient (Wildman–Crippen LogP) is 1.71. The van der Waals surface area contributed by atoms with Crippen LogP contribution in [0.1, 0.15) is 13.3 Å². The zero-order chi connectivity index (χ0) is 6.41. The molecule has 0 aromatic rings. The second-order valence-corrected chi connectivity index (χ2v) is 1.44. The van der Waals surface area contributed by atoms with E-state index in [1.54, 1.807) is 6.08 Å². The van der Waals surface area contributed by atoms with E-state index in [-0.39, 0.29) is 0 Å². The van der Waals surface area contributed by atoms with Crippen LogP contribution in [0.4, 0.5) is 0 Å². The molecule has 0 radical (unpaired) electrons. The molecule has 0 saturated carbocycles. The van der Waals surface area contributed by atoms with E-state index in [4.69, 9.17) is 0 Å². The van der Waals surface area contributed by atoms with Crippen molar-refractivity contribution in [3.63, 3.8) is 0 Å². The second kappa shape index (κ2) is 4.31. The van der Waals surface area contributed by atoms with E-state index < -0.39 is 0 Å². The largest absolute Gasteiger partial charge is 0.299 e. The van der Waals surface area contributed by atoms with Crippen molar-refractivity contribution in [2.45, 2.75) is 13.3 Å². The molecule has 0 fully saturated rings. The van der Waals surface area contributed by atoms with E-state index in [2.05, 4.69) is 6.58 Å². The summed E-state index contributed by atoms with van der Waals surface area (Å²) in [5.41, 5.74) is 0.986. The third-order valence-electron chi connectivity index (χ3n) is 0.953. The third-order valence-corrected chi connectivity index (χ3v) is 0.953. The van der Waals surface area contributed by atoms with E-state index in [9.17, 15) is 4.79 Å². The average molecular weight is 110 g/mol. The molecule has 0 aliphatic rings. The normalized spacial score (nSPS) is 10.9. The maximum Gasteiger partial charge on any atom is 0.143 e. The number of carbonyl (C=O) groups is 1. The Kier molecular flexibility index (Phi) is 3.85. The molecule has 8 heavy (non-hydrogen) atoms. The first-order chi connectivity index (χ1) is 3.85. The number of rotatable bonds is 3. The molecule has 0 N–H and O–H groups in total. The summed E-state index contributed by atoms with van der Waals surface area (Å²) in [5.74, 6) is 0. The van der Waals surface area contributed by atoms with Gasteiger partial charge in [0.05, 0.1) is 0 Å². The van der Waals surface area contributed by atoms with Gasteiger partial charge in [-0.15, -0.1) is 0 Å². The standard InChI is InChI=1S/C7H10O/c1-3-7(4-2)5-6-8/h3,5-6H,1,4H2,2H3/b7-5-. The lowest BCUT2D eigenvalue weighted by atomic mass is 10.2. The maximum atomic E-state index is 9.81. The van der Waals surface area contributed by atoms with Crippen molar-refractivity contribution in [2.75, 3.05) is 0 Å². The minimum Gasteiger partial charge on any atom is -0.299 e. The molecule has 1 nitrogen and oxygen atoms in total. The third kappa shape index (κ3) is 2.35. The second-order valence-electron chi connectivity index (χ2n) is 1.44. The molecular weight excluding hydrogens is 100 g/mol. The van der Waals surface area contributed by atoms with Gasteiger partial charge in [0.2, 0.25) is 0 Å². The highest BCUT2D eigenvalue weighted by atomic mass is 16.1. The van der Waals surface area contributed by atoms with Crippen LogP contribution >= 0.6 is 0 Å². The van der Waals surface area contributed by atoms with Crippen LogP contribution in [0.3, 0.4) is 0 Å². The van der Waals surface area contributed by atoms with Gasteiger partial charge in [0.15, 0.2) is 0 Å². The highest BCUT2D eigenvalue weighted by Crippen LogP contribution is 1.97. The smallest absolute Gasteiger partial charge is 0.143 e. The Bertz CT molecular complexity index is 112. The van der Waals surface area contributed by atoms with E-state index in [1.165, 1.54) is 6.08 Å². The molecule has 0 bridgehead atoms. The minimum atomic E-state index is 0.778. The van der Waals surface area contributed by atoms with Gasteiger partial charge in [0.1, 0.15) is 6.29 Å². The zero-order valence-electron chi connectivity index (χ0n) is 5.05. The lowest BCUT2D eigenvalue weighted by Crippen LogP contribution is -1.72. The van der Waals surface area contributed by atoms with Gasteiger partial charge in [0.25, 0.3) is 0 Å². The molecule has 0 aliphatic carbocycles. The number of carbonyl (C=O) groups excluding carboxylic acids is 1. The summed E-state index contributed by atoms with van der Waals surface area (Å²) in [7, 11) is 0. The molecule has 0 aliphatic heterocycles. The van der Waals surface area contributed by atoms with Crippen molar-refractivity contribution < 1.29 is 4.79 Å². The van der Waals surface area contributed by atoms with Crippen LogP contribution < -0.4 is 0 Å². The molecule has 44 valence electrons. The van der Waals surface area contributed by atoms with Crippen LogP contribution in [0.2, 0.25) is 0 Å². The van der Waals surface area contributed by atoms with Crippen LogP contribution in [0, 0.1) is 0 Å². The van der Waals surface area contributed by atoms with Crippen molar-refractivity contribution in [1.29, 1.82) is 0 Å². The SMILES string of the molecule is C=C/C(=C/C=O)CC. The fraction of sp³-hybridized carbons (Fsp3) is 0.286. The Balaban J connectivity index is 3.84. The number of allylic oxidation sites excluding steroid dienone is 3. The molecule has 1 heteroatoms. The fourth-order valence-corrected chi connectivity index (χ4v) is 0.418. The summed E-state index contributed by atoms with van der Waals surface area (Å²) in [5, 5.41) is 0. The number of hydrogen-bond acceptors (Lipinski definition) is 1. The van der Waals surface area contributed by atoms with Crippen molar-refractivity contribution >= 4 is 6.29 Å². The maximum absolute atomic E-state index is 9.81. The van der Waals surface area contributed by atoms with Crippen LogP contribution in [0.5, 0.6) is 0 Å². The van der Waals surface area contributed by atoms with Gasteiger partial charge in [-0.25, -0.2) is 0 Å². The van der Waals surface area contributed by atoms with Crippen LogP contribution in [-0.2, 0) is 4.79 Å². The number of aldehydes is 1. The van der Waals surface area contributed by atoms with Gasteiger partial charge in [-0.05, 0) is 18.1 Å². The van der Waals surface area contributed by atoms with Crippen LogP contribution in [0.15, 0.2) is 24.3 Å². The summed E-state index contributed by atoms with van der Waals surface area (Å²) in [6.07, 6.45) is 4.87. The molecule has 0 aromatic carbocycles. The van der Waals surface area contributed by atoms with Crippen molar-refractivity contribution in [1.82, 2.24) is 0 Å². The topological polar surface area (TPSA) is 17.1 Å². The Hall–Kier alpha value is -0.850. The quantitative estimate of drug-likeness (QED) is 0.307. The van der Waals surface area contributed by atoms with Gasteiger partial charge in [-0.1, -0.05) is 19.6 Å². The molecule has 0 heterocycles. The van der Waals surface area contributed by atoms with E-state index in [0.29, 0.717) is 0 Å². The molecule has 0 spiro atoms. The van der Waals surface area contributed by atoms with Crippen molar-refractivity contribution in [3.05, 3.63) is 24.3 Å². The highest BCUT2D eigenvalue weighted by Gasteiger charge is 1.80. The zero-order valence-corrected chi connectivity index (χ0v) is 5.05. The van der Waals surface area contributed by atoms with Crippen molar-refractivity contribution in [3.8, 4) is 0 Å². The predicted molar refractivity (Wildman–Crippen MR) is 34.6 cm³/mol. The first kappa shape index (κ1) is 7.15. The summed E-state index contributed by atoms with van der Waals surface area (Å²) in [4.78, 5) is 9.81. The van der Waals surface area contributed by atoms with Crippen LogP contribution in [-0.4, -0.2) is 6.29 Å². The molecule has 0 aromatic heterocycles. The summed E-state index contributed by atoms with van der Waals surface area (Å²) >= 11 is 0. The van der Waals surface area contributed by atoms with E-state index in [0.717, 1.165) is 18.3 Å². The summed E-state index contributed by atoms with van der Waals surface area (Å²) < 4.78 is 0. The van der Waals surface area contributed by atoms with E-state index in [1.807, 2.05) is 6.92 Å². The molecule has 0 rings (SSSR count). The first-order valence-corrected chi connectivity index (χ1v) is 2.62. The molecule has 0 amide bonds. The van der Waals surface area contributed by atoms with Gasteiger partial charge in [-0.3, -0.25) is 4.79 Å².